The minimum Gasteiger partial charge on any atom is -0.456 e. The number of ether oxygens (including phenoxy) is 1. The number of benzene rings is 1. The van der Waals surface area contributed by atoms with Crippen LogP contribution in [0.15, 0.2) is 39.9 Å². The van der Waals surface area contributed by atoms with Gasteiger partial charge in [-0.15, -0.1) is 0 Å². The highest BCUT2D eigenvalue weighted by Crippen LogP contribution is 2.13. The predicted octanol–water partition coefficient (Wildman–Crippen LogP) is 0.507. The Morgan fingerprint density at radius 1 is 1.09 bits per heavy atom. The number of esters is 1. The number of hydrogen-bond donors (Lipinski definition) is 0. The van der Waals surface area contributed by atoms with E-state index in [-0.39, 0.29) is 6.61 Å². The molecule has 0 saturated heterocycles. The molecule has 0 aliphatic heterocycles. The standard InChI is InChI=1S/C16H19N3O4/c1-17(2)12-7-5-11(6-8-12)15(21)23-10-13-9-14(20)19(4)16(22)18(13)3/h5-9H,10H2,1-4H3. The Hall–Kier alpha value is -2.83. The summed E-state index contributed by atoms with van der Waals surface area (Å²) in [5.41, 5.74) is 0.824. The Labute approximate surface area is 133 Å². The van der Waals surface area contributed by atoms with Crippen LogP contribution in [0.4, 0.5) is 5.69 Å². The lowest BCUT2D eigenvalue weighted by Crippen LogP contribution is -2.38. The summed E-state index contributed by atoms with van der Waals surface area (Å²) in [5.74, 6) is -0.511. The van der Waals surface area contributed by atoms with Crippen LogP contribution < -0.4 is 16.1 Å². The zero-order chi connectivity index (χ0) is 17.1. The Morgan fingerprint density at radius 2 is 1.70 bits per heavy atom. The van der Waals surface area contributed by atoms with Crippen molar-refractivity contribution in [3.05, 3.63) is 62.4 Å². The number of carbonyl (C=O) groups excluding carboxylic acids is 1. The molecule has 7 heteroatoms. The lowest BCUT2D eigenvalue weighted by Gasteiger charge is -2.13. The van der Waals surface area contributed by atoms with Crippen LogP contribution in [0.2, 0.25) is 0 Å². The summed E-state index contributed by atoms with van der Waals surface area (Å²) in [5, 5.41) is 0. The van der Waals surface area contributed by atoms with Gasteiger partial charge in [0.1, 0.15) is 6.61 Å². The van der Waals surface area contributed by atoms with Crippen LogP contribution in [0.5, 0.6) is 0 Å². The summed E-state index contributed by atoms with van der Waals surface area (Å²) in [6.07, 6.45) is 0. The SMILES string of the molecule is CN(C)c1ccc(C(=O)OCc2cc(=O)n(C)c(=O)n2C)cc1. The molecule has 0 bridgehead atoms. The second-order valence-electron chi connectivity index (χ2n) is 5.39. The molecule has 122 valence electrons. The molecule has 1 aromatic heterocycles. The average Bonchev–Trinajstić information content (AvgIpc) is 2.54. The Kier molecular flexibility index (Phi) is 4.68. The molecular weight excluding hydrogens is 298 g/mol. The topological polar surface area (TPSA) is 73.5 Å². The summed E-state index contributed by atoms with van der Waals surface area (Å²) >= 11 is 0. The first-order chi connectivity index (χ1) is 10.8. The van der Waals surface area contributed by atoms with Gasteiger partial charge in [-0.2, -0.15) is 0 Å². The van der Waals surface area contributed by atoms with E-state index >= 15 is 0 Å². The molecule has 0 N–H and O–H groups in total. The number of hydrogen-bond acceptors (Lipinski definition) is 5. The van der Waals surface area contributed by atoms with E-state index in [0.717, 1.165) is 10.3 Å². The number of rotatable bonds is 4. The largest absolute Gasteiger partial charge is 0.456 e. The maximum Gasteiger partial charge on any atom is 0.338 e. The van der Waals surface area contributed by atoms with Crippen molar-refractivity contribution >= 4 is 11.7 Å². The predicted molar refractivity (Wildman–Crippen MR) is 86.8 cm³/mol. The molecule has 7 nitrogen and oxygen atoms in total. The fourth-order valence-electron chi connectivity index (χ4n) is 2.04. The van der Waals surface area contributed by atoms with Gasteiger partial charge in [-0.05, 0) is 24.3 Å². The van der Waals surface area contributed by atoms with Gasteiger partial charge < -0.3 is 9.64 Å². The summed E-state index contributed by atoms with van der Waals surface area (Å²) in [4.78, 5) is 37.4. The van der Waals surface area contributed by atoms with Crippen molar-refractivity contribution in [1.82, 2.24) is 9.13 Å². The van der Waals surface area contributed by atoms with Gasteiger partial charge in [0.2, 0.25) is 0 Å². The van der Waals surface area contributed by atoms with E-state index in [0.29, 0.717) is 11.3 Å². The normalized spacial score (nSPS) is 10.4. The van der Waals surface area contributed by atoms with Gasteiger partial charge in [0.15, 0.2) is 0 Å². The molecule has 0 atom stereocenters. The van der Waals surface area contributed by atoms with Gasteiger partial charge >= 0.3 is 11.7 Å². The van der Waals surface area contributed by atoms with Crippen LogP contribution in [-0.4, -0.2) is 29.2 Å². The molecule has 0 radical (unpaired) electrons. The maximum atomic E-state index is 12.0. The van der Waals surface area contributed by atoms with Crippen molar-refractivity contribution < 1.29 is 9.53 Å². The van der Waals surface area contributed by atoms with E-state index in [1.165, 1.54) is 24.7 Å². The van der Waals surface area contributed by atoms with Gasteiger partial charge in [0.05, 0.1) is 11.3 Å². The molecule has 0 unspecified atom stereocenters. The fourth-order valence-corrected chi connectivity index (χ4v) is 2.04. The van der Waals surface area contributed by atoms with E-state index in [1.807, 2.05) is 31.1 Å². The molecule has 0 saturated carbocycles. The molecule has 0 aliphatic carbocycles. The first kappa shape index (κ1) is 16.5. The van der Waals surface area contributed by atoms with Crippen molar-refractivity contribution in [2.45, 2.75) is 6.61 Å². The third kappa shape index (κ3) is 3.50. The summed E-state index contributed by atoms with van der Waals surface area (Å²) in [7, 11) is 6.73. The van der Waals surface area contributed by atoms with Gasteiger partial charge in [-0.25, -0.2) is 9.59 Å². The summed E-state index contributed by atoms with van der Waals surface area (Å²) in [6, 6.07) is 8.24. The summed E-state index contributed by atoms with van der Waals surface area (Å²) < 4.78 is 7.46. The lowest BCUT2D eigenvalue weighted by atomic mass is 10.2. The highest BCUT2D eigenvalue weighted by atomic mass is 16.5. The van der Waals surface area contributed by atoms with Crippen LogP contribution in [-0.2, 0) is 25.4 Å². The number of nitrogens with zero attached hydrogens (tertiary/aromatic N) is 3. The first-order valence-electron chi connectivity index (χ1n) is 7.01. The van der Waals surface area contributed by atoms with E-state index in [9.17, 15) is 14.4 Å². The molecule has 1 aromatic carbocycles. The third-order valence-corrected chi connectivity index (χ3v) is 3.60. The van der Waals surface area contributed by atoms with Crippen molar-refractivity contribution in [1.29, 1.82) is 0 Å². The molecular formula is C16H19N3O4. The molecule has 23 heavy (non-hydrogen) atoms. The zero-order valence-electron chi connectivity index (χ0n) is 13.6. The molecule has 0 fully saturated rings. The molecule has 0 amide bonds. The Balaban J connectivity index is 2.13. The number of anilines is 1. The fraction of sp³-hybridized carbons (Fsp3) is 0.312. The van der Waals surface area contributed by atoms with Crippen LogP contribution in [0.1, 0.15) is 16.1 Å². The summed E-state index contributed by atoms with van der Waals surface area (Å²) in [6.45, 7) is -0.143. The van der Waals surface area contributed by atoms with Crippen molar-refractivity contribution in [2.24, 2.45) is 14.1 Å². The minimum absolute atomic E-state index is 0.143. The molecule has 1 heterocycles. The minimum atomic E-state index is -0.511. The second-order valence-corrected chi connectivity index (χ2v) is 5.39. The van der Waals surface area contributed by atoms with Crippen LogP contribution >= 0.6 is 0 Å². The van der Waals surface area contributed by atoms with Crippen molar-refractivity contribution in [3.8, 4) is 0 Å². The highest BCUT2D eigenvalue weighted by Gasteiger charge is 2.11. The molecule has 0 spiro atoms. The zero-order valence-corrected chi connectivity index (χ0v) is 13.6. The molecule has 2 aromatic rings. The average molecular weight is 317 g/mol. The lowest BCUT2D eigenvalue weighted by molar-refractivity contribution is 0.0462. The van der Waals surface area contributed by atoms with Crippen LogP contribution in [0.3, 0.4) is 0 Å². The van der Waals surface area contributed by atoms with E-state index < -0.39 is 17.2 Å². The quantitative estimate of drug-likeness (QED) is 0.768. The monoisotopic (exact) mass is 317 g/mol. The van der Waals surface area contributed by atoms with E-state index in [4.69, 9.17) is 4.74 Å². The second kappa shape index (κ2) is 6.51. The maximum absolute atomic E-state index is 12.0. The van der Waals surface area contributed by atoms with Gasteiger partial charge in [0.25, 0.3) is 5.56 Å². The van der Waals surface area contributed by atoms with Gasteiger partial charge in [-0.1, -0.05) is 0 Å². The van der Waals surface area contributed by atoms with Crippen molar-refractivity contribution in [2.75, 3.05) is 19.0 Å². The Bertz CT molecular complexity index is 832. The molecule has 2 rings (SSSR count). The van der Waals surface area contributed by atoms with E-state index in [2.05, 4.69) is 0 Å². The highest BCUT2D eigenvalue weighted by molar-refractivity contribution is 5.89. The number of carbonyl (C=O) groups is 1. The molecule has 0 aliphatic rings. The Morgan fingerprint density at radius 3 is 2.26 bits per heavy atom. The van der Waals surface area contributed by atoms with Crippen molar-refractivity contribution in [3.63, 3.8) is 0 Å². The van der Waals surface area contributed by atoms with E-state index in [1.54, 1.807) is 12.1 Å². The van der Waals surface area contributed by atoms with Gasteiger partial charge in [-0.3, -0.25) is 13.9 Å². The van der Waals surface area contributed by atoms with Crippen LogP contribution in [0, 0.1) is 0 Å². The smallest absolute Gasteiger partial charge is 0.338 e. The first-order valence-corrected chi connectivity index (χ1v) is 7.01. The van der Waals surface area contributed by atoms with Gasteiger partial charge in [0, 0.05) is 39.9 Å². The van der Waals surface area contributed by atoms with Crippen LogP contribution in [0.25, 0.3) is 0 Å². The third-order valence-electron chi connectivity index (χ3n) is 3.60. The number of aromatic nitrogens is 2.